The Balaban J connectivity index is 2.30. The van der Waals surface area contributed by atoms with Crippen molar-refractivity contribution in [3.63, 3.8) is 0 Å². The molecule has 146 valence electrons. The predicted octanol–water partition coefficient (Wildman–Crippen LogP) is 1.93. The van der Waals surface area contributed by atoms with Crippen LogP contribution in [0.5, 0.6) is 0 Å². The van der Waals surface area contributed by atoms with E-state index in [1.54, 1.807) is 22.5 Å². The average molecular weight is 382 g/mol. The minimum Gasteiger partial charge on any atom is -0.308 e. The van der Waals surface area contributed by atoms with Crippen molar-refractivity contribution in [2.24, 2.45) is 0 Å². The van der Waals surface area contributed by atoms with Crippen molar-refractivity contribution >= 4 is 15.8 Å². The molecular weight excluding hydrogens is 350 g/mol. The highest BCUT2D eigenvalue weighted by Gasteiger charge is 2.31. The smallest absolute Gasteiger partial charge is 0.243 e. The Morgan fingerprint density at radius 3 is 2.62 bits per heavy atom. The second kappa shape index (κ2) is 9.08. The first-order valence-corrected chi connectivity index (χ1v) is 10.7. The van der Waals surface area contributed by atoms with Gasteiger partial charge >= 0.3 is 0 Å². The Kier molecular flexibility index (Phi) is 7.34. The minimum absolute atomic E-state index is 0.130. The number of Topliss-reactive ketones (excluding diaryl/α,β-unsaturated/α-hetero) is 1. The molecule has 0 N–H and O–H groups in total. The molecule has 1 aliphatic heterocycles. The van der Waals surface area contributed by atoms with E-state index in [1.165, 1.54) is 13.0 Å². The van der Waals surface area contributed by atoms with Crippen LogP contribution in [0.4, 0.5) is 0 Å². The van der Waals surface area contributed by atoms with Crippen molar-refractivity contribution < 1.29 is 13.2 Å². The molecule has 0 amide bonds. The van der Waals surface area contributed by atoms with E-state index in [-0.39, 0.29) is 16.7 Å². The van der Waals surface area contributed by atoms with Crippen LogP contribution in [-0.2, 0) is 10.0 Å². The maximum atomic E-state index is 13.3. The van der Waals surface area contributed by atoms with E-state index < -0.39 is 10.0 Å². The molecule has 0 aliphatic carbocycles. The van der Waals surface area contributed by atoms with Gasteiger partial charge in [0.05, 0.1) is 4.90 Å². The fourth-order valence-electron chi connectivity index (χ4n) is 3.40. The maximum absolute atomic E-state index is 13.3. The molecule has 0 radical (unpaired) electrons. The zero-order valence-electron chi connectivity index (χ0n) is 16.3. The molecule has 26 heavy (non-hydrogen) atoms. The molecule has 6 nitrogen and oxygen atoms in total. The van der Waals surface area contributed by atoms with Gasteiger partial charge in [0, 0.05) is 31.2 Å². The highest BCUT2D eigenvalue weighted by molar-refractivity contribution is 7.89. The van der Waals surface area contributed by atoms with Gasteiger partial charge in [-0.05, 0) is 59.1 Å². The zero-order chi connectivity index (χ0) is 19.3. The summed E-state index contributed by atoms with van der Waals surface area (Å²) >= 11 is 0. The number of hydrogen-bond acceptors (Lipinski definition) is 5. The molecular formula is C19H31N3O3S. The van der Waals surface area contributed by atoms with Gasteiger partial charge in [0.15, 0.2) is 5.78 Å². The van der Waals surface area contributed by atoms with Crippen molar-refractivity contribution in [3.8, 4) is 0 Å². The molecule has 1 aliphatic rings. The number of sulfonamides is 1. The monoisotopic (exact) mass is 381 g/mol. The van der Waals surface area contributed by atoms with Gasteiger partial charge < -0.3 is 4.90 Å². The molecule has 7 heteroatoms. The molecule has 1 saturated heterocycles. The molecule has 0 spiro atoms. The Morgan fingerprint density at radius 2 is 2.00 bits per heavy atom. The van der Waals surface area contributed by atoms with Gasteiger partial charge in [-0.3, -0.25) is 9.69 Å². The van der Waals surface area contributed by atoms with E-state index in [0.29, 0.717) is 25.2 Å². The minimum atomic E-state index is -3.64. The Labute approximate surface area is 157 Å². The summed E-state index contributed by atoms with van der Waals surface area (Å²) in [5.41, 5.74) is 0.426. The molecule has 1 atom stereocenters. The molecule has 1 fully saturated rings. The number of carbonyl (C=O) groups is 1. The van der Waals surface area contributed by atoms with Crippen LogP contribution in [0.25, 0.3) is 0 Å². The van der Waals surface area contributed by atoms with Crippen LogP contribution < -0.4 is 0 Å². The van der Waals surface area contributed by atoms with E-state index in [9.17, 15) is 13.2 Å². The number of likely N-dealkylation sites (tertiary alicyclic amines) is 1. The summed E-state index contributed by atoms with van der Waals surface area (Å²) in [6, 6.07) is 6.62. The molecule has 1 aromatic rings. The van der Waals surface area contributed by atoms with Gasteiger partial charge in [0.25, 0.3) is 0 Å². The molecule has 1 aromatic carbocycles. The predicted molar refractivity (Wildman–Crippen MR) is 104 cm³/mol. The van der Waals surface area contributed by atoms with Crippen LogP contribution in [0.15, 0.2) is 29.2 Å². The molecule has 1 heterocycles. The van der Waals surface area contributed by atoms with E-state index in [0.717, 1.165) is 25.9 Å². The summed E-state index contributed by atoms with van der Waals surface area (Å²) in [6.07, 6.45) is 2.13. The van der Waals surface area contributed by atoms with Gasteiger partial charge in [0.2, 0.25) is 10.0 Å². The summed E-state index contributed by atoms with van der Waals surface area (Å²) in [6.45, 7) is 7.13. The van der Waals surface area contributed by atoms with Crippen LogP contribution in [0, 0.1) is 0 Å². The molecule has 2 rings (SSSR count). The number of nitrogens with zero attached hydrogens (tertiary/aromatic N) is 3. The van der Waals surface area contributed by atoms with Gasteiger partial charge in [0.1, 0.15) is 0 Å². The molecule has 0 bridgehead atoms. The SMILES string of the molecule is CCN1CCC[C@@H]1CN(CCN(C)C)S(=O)(=O)c1cccc(C(C)=O)c1. The Bertz CT molecular complexity index is 718. The third-order valence-electron chi connectivity index (χ3n) is 4.99. The lowest BCUT2D eigenvalue weighted by atomic mass is 10.2. The van der Waals surface area contributed by atoms with Crippen molar-refractivity contribution in [1.82, 2.24) is 14.1 Å². The van der Waals surface area contributed by atoms with E-state index in [2.05, 4.69) is 11.8 Å². The number of benzene rings is 1. The number of likely N-dealkylation sites (N-methyl/N-ethyl adjacent to an activating group) is 2. The van der Waals surface area contributed by atoms with Crippen LogP contribution in [0.1, 0.15) is 37.0 Å². The topological polar surface area (TPSA) is 60.9 Å². The Hall–Kier alpha value is -1.28. The third-order valence-corrected chi connectivity index (χ3v) is 6.86. The van der Waals surface area contributed by atoms with Gasteiger partial charge in [-0.2, -0.15) is 4.31 Å². The number of hydrogen-bond donors (Lipinski definition) is 0. The van der Waals surface area contributed by atoms with Gasteiger partial charge in [-0.15, -0.1) is 0 Å². The summed E-state index contributed by atoms with van der Waals surface area (Å²) in [4.78, 5) is 16.2. The maximum Gasteiger partial charge on any atom is 0.243 e. The molecule has 0 aromatic heterocycles. The lowest BCUT2D eigenvalue weighted by Crippen LogP contribution is -2.45. The molecule has 0 saturated carbocycles. The first-order valence-electron chi connectivity index (χ1n) is 9.25. The lowest BCUT2D eigenvalue weighted by molar-refractivity contribution is 0.101. The Morgan fingerprint density at radius 1 is 1.27 bits per heavy atom. The largest absolute Gasteiger partial charge is 0.308 e. The highest BCUT2D eigenvalue weighted by Crippen LogP contribution is 2.22. The number of rotatable bonds is 9. The first-order chi connectivity index (χ1) is 12.3. The van der Waals surface area contributed by atoms with Crippen LogP contribution in [-0.4, -0.2) is 81.2 Å². The van der Waals surface area contributed by atoms with Crippen molar-refractivity contribution in [2.75, 3.05) is 46.8 Å². The second-order valence-corrected chi connectivity index (χ2v) is 9.11. The van der Waals surface area contributed by atoms with Crippen LogP contribution in [0.3, 0.4) is 0 Å². The molecule has 0 unspecified atom stereocenters. The zero-order valence-corrected chi connectivity index (χ0v) is 17.1. The van der Waals surface area contributed by atoms with Gasteiger partial charge in [-0.25, -0.2) is 8.42 Å². The fourth-order valence-corrected chi connectivity index (χ4v) is 4.91. The van der Waals surface area contributed by atoms with Crippen molar-refractivity contribution in [2.45, 2.75) is 37.6 Å². The highest BCUT2D eigenvalue weighted by atomic mass is 32.2. The van der Waals surface area contributed by atoms with E-state index in [4.69, 9.17) is 0 Å². The van der Waals surface area contributed by atoms with Crippen molar-refractivity contribution in [1.29, 1.82) is 0 Å². The lowest BCUT2D eigenvalue weighted by Gasteiger charge is -2.30. The first kappa shape index (κ1) is 21.0. The van der Waals surface area contributed by atoms with Crippen molar-refractivity contribution in [3.05, 3.63) is 29.8 Å². The average Bonchev–Trinajstić information content (AvgIpc) is 3.05. The van der Waals surface area contributed by atoms with Crippen LogP contribution in [0.2, 0.25) is 0 Å². The summed E-state index contributed by atoms with van der Waals surface area (Å²) in [5.74, 6) is -0.130. The number of carbonyl (C=O) groups excluding carboxylic acids is 1. The van der Waals surface area contributed by atoms with Gasteiger partial charge in [-0.1, -0.05) is 19.1 Å². The van der Waals surface area contributed by atoms with E-state index in [1.807, 2.05) is 19.0 Å². The normalized spacial score (nSPS) is 18.8. The van der Waals surface area contributed by atoms with Crippen LogP contribution >= 0.6 is 0 Å². The van der Waals surface area contributed by atoms with E-state index >= 15 is 0 Å². The standard InChI is InChI=1S/C19H31N3O3S/c1-5-21-11-7-9-18(21)15-22(13-12-20(3)4)26(24,25)19-10-6-8-17(14-19)16(2)23/h6,8,10,14,18H,5,7,9,11-13,15H2,1-4H3/t18-/m1/s1. The fraction of sp³-hybridized carbons (Fsp3) is 0.632. The quantitative estimate of drug-likeness (QED) is 0.612. The number of ketones is 1. The summed E-state index contributed by atoms with van der Waals surface area (Å²) in [5, 5.41) is 0. The second-order valence-electron chi connectivity index (χ2n) is 7.17. The third kappa shape index (κ3) is 5.13. The summed E-state index contributed by atoms with van der Waals surface area (Å²) < 4.78 is 28.1. The summed E-state index contributed by atoms with van der Waals surface area (Å²) in [7, 11) is 0.235.